The minimum Gasteiger partial charge on any atom is -0.389 e. The number of allylic oxidation sites excluding steroid dienone is 2. The van der Waals surface area contributed by atoms with Crippen molar-refractivity contribution in [2.75, 3.05) is 0 Å². The molecule has 0 aliphatic heterocycles. The maximum Gasteiger partial charge on any atom is 0.160 e. The first-order valence-corrected chi connectivity index (χ1v) is 13.1. The number of aliphatic hydroxyl groups is 1. The molecule has 0 heterocycles. The van der Waals surface area contributed by atoms with Crippen LogP contribution in [0.4, 0.5) is 0 Å². The van der Waals surface area contributed by atoms with Crippen LogP contribution in [0.2, 0.25) is 0 Å². The van der Waals surface area contributed by atoms with Gasteiger partial charge in [-0.05, 0) is 79.1 Å². The lowest BCUT2D eigenvalue weighted by molar-refractivity contribution is -0.135. The van der Waals surface area contributed by atoms with Crippen molar-refractivity contribution in [3.63, 3.8) is 0 Å². The molecule has 3 heteroatoms. The van der Waals surface area contributed by atoms with Gasteiger partial charge in [0.1, 0.15) is 5.78 Å². The van der Waals surface area contributed by atoms with Crippen molar-refractivity contribution < 1.29 is 14.7 Å². The first-order valence-electron chi connectivity index (χ1n) is 13.1. The molecule has 178 valence electrons. The van der Waals surface area contributed by atoms with Crippen LogP contribution in [-0.4, -0.2) is 22.8 Å². The Kier molecular flexibility index (Phi) is 6.14. The van der Waals surface area contributed by atoms with Crippen molar-refractivity contribution in [1.29, 1.82) is 0 Å². The second kappa shape index (κ2) is 8.22. The quantitative estimate of drug-likeness (QED) is 0.510. The molecular weight excluding hydrogens is 396 g/mol. The minimum atomic E-state index is -0.570. The van der Waals surface area contributed by atoms with Gasteiger partial charge in [0.25, 0.3) is 0 Å². The molecule has 1 N–H and O–H groups in total. The molecule has 0 amide bonds. The molecule has 4 aliphatic rings. The van der Waals surface area contributed by atoms with Gasteiger partial charge in [0, 0.05) is 29.7 Å². The molecule has 32 heavy (non-hydrogen) atoms. The standard InChI is InChI=1S/C29H44O3/c1-16(2)17(3)8-9-18(4)20-10-11-21-26-24(31)14-22-19(5)23(30)12-13-28(22,6)27(26)25(32)15-29(20,21)7/h16,18-22,24,31H,3,8-15H2,1-2,4-7H3/t18-,19+,20-,21+,22?,24+,28+,29-/m1/s1. The number of carbonyl (C=O) groups excluding carboxylic acids is 2. The topological polar surface area (TPSA) is 54.4 Å². The number of hydrogen-bond donors (Lipinski definition) is 1. The molecule has 2 saturated carbocycles. The fraction of sp³-hybridized carbons (Fsp3) is 0.793. The van der Waals surface area contributed by atoms with E-state index in [4.69, 9.17) is 0 Å². The number of carbonyl (C=O) groups is 2. The Bertz CT molecular complexity index is 850. The van der Waals surface area contributed by atoms with E-state index in [1.807, 2.05) is 6.92 Å². The van der Waals surface area contributed by atoms with Gasteiger partial charge in [0.15, 0.2) is 5.78 Å². The largest absolute Gasteiger partial charge is 0.389 e. The zero-order valence-electron chi connectivity index (χ0n) is 21.2. The van der Waals surface area contributed by atoms with E-state index in [9.17, 15) is 14.7 Å². The Balaban J connectivity index is 1.65. The molecule has 0 aromatic heterocycles. The molecule has 3 nitrogen and oxygen atoms in total. The summed E-state index contributed by atoms with van der Waals surface area (Å²) in [6, 6.07) is 0. The maximum absolute atomic E-state index is 13.8. The molecule has 1 unspecified atom stereocenters. The van der Waals surface area contributed by atoms with E-state index >= 15 is 0 Å². The van der Waals surface area contributed by atoms with Crippen LogP contribution < -0.4 is 0 Å². The zero-order valence-corrected chi connectivity index (χ0v) is 21.2. The summed E-state index contributed by atoms with van der Waals surface area (Å²) in [6.45, 7) is 17.6. The molecule has 2 fully saturated rings. The Morgan fingerprint density at radius 3 is 2.53 bits per heavy atom. The molecule has 0 spiro atoms. The van der Waals surface area contributed by atoms with Crippen LogP contribution in [0.1, 0.15) is 92.9 Å². The molecule has 0 aromatic carbocycles. The van der Waals surface area contributed by atoms with Crippen LogP contribution >= 0.6 is 0 Å². The van der Waals surface area contributed by atoms with Gasteiger partial charge >= 0.3 is 0 Å². The Labute approximate surface area is 195 Å². The zero-order chi connectivity index (χ0) is 23.6. The highest BCUT2D eigenvalue weighted by Crippen LogP contribution is 2.65. The summed E-state index contributed by atoms with van der Waals surface area (Å²) in [5, 5.41) is 11.4. The number of Topliss-reactive ketones (excluding diaryl/α,β-unsaturated/α-hetero) is 2. The highest BCUT2D eigenvalue weighted by Gasteiger charge is 2.61. The van der Waals surface area contributed by atoms with Crippen LogP contribution in [-0.2, 0) is 9.59 Å². The summed E-state index contributed by atoms with van der Waals surface area (Å²) in [5.74, 6) is 2.47. The lowest BCUT2D eigenvalue weighted by atomic mass is 9.48. The van der Waals surface area contributed by atoms with Crippen molar-refractivity contribution in [2.45, 2.75) is 99.0 Å². The van der Waals surface area contributed by atoms with Gasteiger partial charge in [-0.2, -0.15) is 0 Å². The first-order chi connectivity index (χ1) is 14.9. The van der Waals surface area contributed by atoms with Gasteiger partial charge in [-0.1, -0.05) is 53.7 Å². The highest BCUT2D eigenvalue weighted by atomic mass is 16.3. The molecule has 4 rings (SSSR count). The predicted octanol–water partition coefficient (Wildman–Crippen LogP) is 6.30. The lowest BCUT2D eigenvalue weighted by Crippen LogP contribution is -2.54. The number of fused-ring (bicyclic) bond motifs is 4. The molecule has 0 aromatic rings. The Morgan fingerprint density at radius 2 is 1.88 bits per heavy atom. The van der Waals surface area contributed by atoms with Gasteiger partial charge in [-0.3, -0.25) is 9.59 Å². The molecule has 4 aliphatic carbocycles. The van der Waals surface area contributed by atoms with E-state index in [0.717, 1.165) is 43.3 Å². The van der Waals surface area contributed by atoms with Crippen LogP contribution in [0, 0.1) is 46.3 Å². The second-order valence-corrected chi connectivity index (χ2v) is 12.5. The summed E-state index contributed by atoms with van der Waals surface area (Å²) in [7, 11) is 0. The number of rotatable bonds is 5. The summed E-state index contributed by atoms with van der Waals surface area (Å²) < 4.78 is 0. The summed E-state index contributed by atoms with van der Waals surface area (Å²) in [4.78, 5) is 26.3. The minimum absolute atomic E-state index is 0.0607. The van der Waals surface area contributed by atoms with Gasteiger partial charge in [-0.25, -0.2) is 0 Å². The predicted molar refractivity (Wildman–Crippen MR) is 129 cm³/mol. The molecule has 0 saturated heterocycles. The number of ketones is 2. The van der Waals surface area contributed by atoms with E-state index in [1.54, 1.807) is 0 Å². The third kappa shape index (κ3) is 3.49. The summed E-state index contributed by atoms with van der Waals surface area (Å²) in [6.07, 6.45) is 6.41. The maximum atomic E-state index is 13.8. The average Bonchev–Trinajstić information content (AvgIpc) is 3.06. The monoisotopic (exact) mass is 440 g/mol. The Morgan fingerprint density at radius 1 is 1.19 bits per heavy atom. The van der Waals surface area contributed by atoms with Crippen LogP contribution in [0.15, 0.2) is 23.3 Å². The second-order valence-electron chi connectivity index (χ2n) is 12.5. The van der Waals surface area contributed by atoms with Crippen LogP contribution in [0.25, 0.3) is 0 Å². The lowest BCUT2D eigenvalue weighted by Gasteiger charge is -2.55. The number of hydrogen-bond acceptors (Lipinski definition) is 3. The van der Waals surface area contributed by atoms with Crippen molar-refractivity contribution in [3.05, 3.63) is 23.3 Å². The molecule has 0 bridgehead atoms. The van der Waals surface area contributed by atoms with E-state index in [-0.39, 0.29) is 28.4 Å². The fourth-order valence-electron chi connectivity index (χ4n) is 8.40. The van der Waals surface area contributed by atoms with Gasteiger partial charge < -0.3 is 5.11 Å². The Hall–Kier alpha value is -1.22. The van der Waals surface area contributed by atoms with Crippen molar-refractivity contribution in [3.8, 4) is 0 Å². The third-order valence-corrected chi connectivity index (χ3v) is 10.5. The van der Waals surface area contributed by atoms with Gasteiger partial charge in [0.2, 0.25) is 0 Å². The number of aliphatic hydroxyl groups excluding tert-OH is 1. The van der Waals surface area contributed by atoms with Crippen molar-refractivity contribution >= 4 is 11.6 Å². The molecule has 0 radical (unpaired) electrons. The van der Waals surface area contributed by atoms with Crippen LogP contribution in [0.5, 0.6) is 0 Å². The average molecular weight is 441 g/mol. The van der Waals surface area contributed by atoms with E-state index in [0.29, 0.717) is 48.7 Å². The summed E-state index contributed by atoms with van der Waals surface area (Å²) >= 11 is 0. The van der Waals surface area contributed by atoms with E-state index in [2.05, 4.69) is 41.2 Å². The fourth-order valence-corrected chi connectivity index (χ4v) is 8.40. The van der Waals surface area contributed by atoms with Gasteiger partial charge in [-0.15, -0.1) is 0 Å². The normalized spacial score (nSPS) is 42.6. The first kappa shape index (κ1) is 23.9. The van der Waals surface area contributed by atoms with Crippen LogP contribution in [0.3, 0.4) is 0 Å². The highest BCUT2D eigenvalue weighted by molar-refractivity contribution is 6.00. The third-order valence-electron chi connectivity index (χ3n) is 10.5. The van der Waals surface area contributed by atoms with Gasteiger partial charge in [0.05, 0.1) is 6.10 Å². The van der Waals surface area contributed by atoms with Crippen molar-refractivity contribution in [1.82, 2.24) is 0 Å². The van der Waals surface area contributed by atoms with Crippen molar-refractivity contribution in [2.24, 2.45) is 46.3 Å². The smallest absolute Gasteiger partial charge is 0.160 e. The van der Waals surface area contributed by atoms with E-state index in [1.165, 1.54) is 5.57 Å². The summed E-state index contributed by atoms with van der Waals surface area (Å²) in [5.41, 5.74) is 3.02. The SMILES string of the molecule is C=C(CC[C@@H](C)[C@H]1CC[C@H]2C3=C(C(=O)C[C@]12C)[C@@]1(C)CCC(=O)[C@@H](C)C1C[C@@H]3O)C(C)C. The molecule has 8 atom stereocenters. The van der Waals surface area contributed by atoms with E-state index < -0.39 is 6.10 Å². The molecular formula is C29H44O3.